The van der Waals surface area contributed by atoms with Crippen LogP contribution in [0.15, 0.2) is 124 Å². The van der Waals surface area contributed by atoms with Crippen molar-refractivity contribution < 1.29 is 43.7 Å². The maximum absolute atomic E-state index is 13.3. The first-order valence-corrected chi connectivity index (χ1v) is 16.0. The predicted molar refractivity (Wildman–Crippen MR) is 137 cm³/mol. The third-order valence-electron chi connectivity index (χ3n) is 6.03. The normalized spacial score (nSPS) is 12.5. The fraction of sp³-hybridized carbons (Fsp3) is 0. The van der Waals surface area contributed by atoms with Crippen LogP contribution in [0.25, 0.3) is 11.4 Å². The second kappa shape index (κ2) is 9.85. The molecular formula is C22H16N8O10S3+2. The number of H-pyrrole nitrogens is 2. The molecule has 18 nitrogen and oxygen atoms in total. The van der Waals surface area contributed by atoms with Gasteiger partial charge in [0.2, 0.25) is 21.2 Å². The molecule has 0 aliphatic heterocycles. The summed E-state index contributed by atoms with van der Waals surface area (Å²) in [5, 5.41) is 2.81. The molecule has 21 heteroatoms. The van der Waals surface area contributed by atoms with E-state index in [9.17, 15) is 34.8 Å². The predicted octanol–water partition coefficient (Wildman–Crippen LogP) is -1.50. The smallest absolute Gasteiger partial charge is 0.281 e. The van der Waals surface area contributed by atoms with E-state index in [4.69, 9.17) is 0 Å². The summed E-state index contributed by atoms with van der Waals surface area (Å²) in [4.78, 5) is 31.4. The number of nitrogens with one attached hydrogen (secondary N) is 2. The van der Waals surface area contributed by atoms with E-state index < -0.39 is 51.2 Å². The highest BCUT2D eigenvalue weighted by atomic mass is 32.2. The van der Waals surface area contributed by atoms with E-state index in [1.807, 2.05) is 0 Å². The van der Waals surface area contributed by atoms with Gasteiger partial charge >= 0.3 is 41.3 Å². The lowest BCUT2D eigenvalue weighted by Crippen LogP contribution is -2.41. The molecule has 4 aromatic heterocycles. The molecule has 2 N–H and O–H groups in total. The number of aromatic nitrogens is 8. The topological polar surface area (TPSA) is 238 Å². The molecular weight excluding hydrogens is 632 g/mol. The van der Waals surface area contributed by atoms with Crippen LogP contribution in [-0.2, 0) is 29.9 Å². The Bertz CT molecular complexity index is 2240. The number of aromatic amines is 2. The minimum atomic E-state index is -4.41. The lowest BCUT2D eigenvalue weighted by Gasteiger charge is -2.05. The summed E-state index contributed by atoms with van der Waals surface area (Å²) in [6.45, 7) is 0. The van der Waals surface area contributed by atoms with Crippen molar-refractivity contribution in [2.75, 3.05) is 0 Å². The summed E-state index contributed by atoms with van der Waals surface area (Å²) in [5.74, 6) is 0. The van der Waals surface area contributed by atoms with Crippen molar-refractivity contribution in [3.05, 3.63) is 107 Å². The van der Waals surface area contributed by atoms with Gasteiger partial charge in [0.1, 0.15) is 12.7 Å². The molecule has 0 saturated carbocycles. The van der Waals surface area contributed by atoms with Crippen LogP contribution in [0.2, 0.25) is 0 Å². The Labute approximate surface area is 239 Å². The van der Waals surface area contributed by atoms with Gasteiger partial charge in [-0.05, 0) is 44.2 Å². The number of hydrogen-bond acceptors (Lipinski definition) is 12. The van der Waals surface area contributed by atoms with Crippen LogP contribution in [0.1, 0.15) is 0 Å². The summed E-state index contributed by atoms with van der Waals surface area (Å²) in [7, 11) is -13.0. The number of hydrogen-bond donors (Lipinski definition) is 2. The molecule has 0 bridgehead atoms. The van der Waals surface area contributed by atoms with E-state index >= 15 is 0 Å². The Morgan fingerprint density at radius 1 is 0.605 bits per heavy atom. The van der Waals surface area contributed by atoms with Gasteiger partial charge in [-0.1, -0.05) is 0 Å². The molecule has 0 unspecified atom stereocenters. The van der Waals surface area contributed by atoms with Gasteiger partial charge in [0, 0.05) is 49.1 Å². The van der Waals surface area contributed by atoms with E-state index in [1.165, 1.54) is 60.9 Å². The molecule has 0 atom stereocenters. The third-order valence-corrected chi connectivity index (χ3v) is 11.0. The molecule has 6 aromatic rings. The van der Waals surface area contributed by atoms with Gasteiger partial charge in [0.05, 0.1) is 9.79 Å². The van der Waals surface area contributed by atoms with Gasteiger partial charge in [-0.3, -0.25) is 9.05 Å². The van der Waals surface area contributed by atoms with Crippen molar-refractivity contribution in [2.24, 2.45) is 0 Å². The Balaban J connectivity index is 1.32. The Morgan fingerprint density at radius 2 is 0.977 bits per heavy atom. The zero-order valence-corrected chi connectivity index (χ0v) is 23.5. The molecule has 0 fully saturated rings. The number of nitrogens with zero attached hydrogens (tertiary/aromatic N) is 6. The first-order chi connectivity index (χ1) is 20.4. The van der Waals surface area contributed by atoms with Crippen molar-refractivity contribution in [1.82, 2.24) is 28.5 Å². The molecule has 2 aromatic carbocycles. The molecule has 0 radical (unpaired) electrons. The summed E-state index contributed by atoms with van der Waals surface area (Å²) < 4.78 is 90.7. The van der Waals surface area contributed by atoms with Crippen molar-refractivity contribution in [3.63, 3.8) is 0 Å². The molecule has 0 amide bonds. The highest BCUT2D eigenvalue weighted by Crippen LogP contribution is 2.22. The monoisotopic (exact) mass is 648 g/mol. The van der Waals surface area contributed by atoms with Crippen LogP contribution in [0.5, 0.6) is 0 Å². The van der Waals surface area contributed by atoms with Gasteiger partial charge in [0.15, 0.2) is 0 Å². The van der Waals surface area contributed by atoms with E-state index in [2.05, 4.69) is 29.6 Å². The molecule has 0 aliphatic carbocycles. The second-order valence-corrected chi connectivity index (χ2v) is 14.0. The molecule has 4 heterocycles. The van der Waals surface area contributed by atoms with Gasteiger partial charge in [0.25, 0.3) is 0 Å². The molecule has 0 saturated heterocycles. The lowest BCUT2D eigenvalue weighted by atomic mass is 10.3. The first-order valence-electron chi connectivity index (χ1n) is 11.6. The largest absolute Gasteiger partial charge is 0.449 e. The Morgan fingerprint density at radius 3 is 1.30 bits per heavy atom. The molecule has 0 aliphatic rings. The van der Waals surface area contributed by atoms with Crippen LogP contribution < -0.4 is 20.6 Å². The van der Waals surface area contributed by atoms with Crippen molar-refractivity contribution in [3.8, 4) is 11.4 Å². The SMILES string of the molecule is O=c1o[nH][n+](-c2ccc(S(=O)(=O)c3ccc(-[n+]4[nH]oc(=O)c4S(=O)(=O)n4ccnc4)cc3)cc2)c1S(=O)(=O)n1ccnc1. The Hall–Kier alpha value is -5.41. The van der Waals surface area contributed by atoms with Gasteiger partial charge < -0.3 is 0 Å². The van der Waals surface area contributed by atoms with E-state index in [-0.39, 0.29) is 21.2 Å². The van der Waals surface area contributed by atoms with Gasteiger partial charge in [-0.15, -0.1) is 0 Å². The van der Waals surface area contributed by atoms with Crippen molar-refractivity contribution in [2.45, 2.75) is 19.8 Å². The number of imidazole rings is 2. The fourth-order valence-corrected chi connectivity index (χ4v) is 7.67. The fourth-order valence-electron chi connectivity index (χ4n) is 3.97. The maximum atomic E-state index is 13.3. The summed E-state index contributed by atoms with van der Waals surface area (Å²) in [5.41, 5.74) is -2.26. The average molecular weight is 649 g/mol. The van der Waals surface area contributed by atoms with Gasteiger partial charge in [-0.2, -0.15) is 16.8 Å². The molecule has 6 rings (SSSR count). The lowest BCUT2D eigenvalue weighted by molar-refractivity contribution is -0.705. The summed E-state index contributed by atoms with van der Waals surface area (Å²) in [6, 6.07) is 9.73. The van der Waals surface area contributed by atoms with Crippen LogP contribution in [0.3, 0.4) is 0 Å². The minimum Gasteiger partial charge on any atom is -0.281 e. The average Bonchev–Trinajstić information content (AvgIpc) is 3.80. The molecule has 0 spiro atoms. The van der Waals surface area contributed by atoms with E-state index in [0.717, 1.165) is 34.4 Å². The number of rotatable bonds is 8. The molecule has 220 valence electrons. The minimum absolute atomic E-state index is 0.0609. The first kappa shape index (κ1) is 27.7. The zero-order chi connectivity index (χ0) is 30.6. The van der Waals surface area contributed by atoms with Crippen LogP contribution >= 0.6 is 0 Å². The third kappa shape index (κ3) is 4.50. The second-order valence-electron chi connectivity index (χ2n) is 8.53. The summed E-state index contributed by atoms with van der Waals surface area (Å²) >= 11 is 0. The van der Waals surface area contributed by atoms with Gasteiger partial charge in [-0.25, -0.2) is 35.9 Å². The summed E-state index contributed by atoms with van der Waals surface area (Å²) in [6.07, 6.45) is 6.62. The number of benzene rings is 2. The van der Waals surface area contributed by atoms with E-state index in [1.54, 1.807) is 0 Å². The van der Waals surface area contributed by atoms with Crippen LogP contribution in [0.4, 0.5) is 0 Å². The Kier molecular flexibility index (Phi) is 6.36. The van der Waals surface area contributed by atoms with Crippen LogP contribution in [0, 0.1) is 0 Å². The van der Waals surface area contributed by atoms with Crippen molar-refractivity contribution in [1.29, 1.82) is 0 Å². The van der Waals surface area contributed by atoms with Crippen molar-refractivity contribution >= 4 is 29.9 Å². The highest BCUT2D eigenvalue weighted by Gasteiger charge is 2.39. The quantitative estimate of drug-likeness (QED) is 0.179. The standard InChI is InChI=1S/C22H14N8O10S3/c31-21-19(42(35,36)27-11-9-23-13-27)29(25-39-21)15-1-5-17(6-2-15)41(33,34)18-7-3-16(4-8-18)30-20(22(32)40-26-30)43(37,38)28-12-10-24-14-28/h1-14H/p+2. The zero-order valence-electron chi connectivity index (χ0n) is 21.1. The molecule has 43 heavy (non-hydrogen) atoms. The van der Waals surface area contributed by atoms with Crippen LogP contribution in [-0.4, -0.2) is 53.7 Å². The highest BCUT2D eigenvalue weighted by molar-refractivity contribution is 7.91. The maximum Gasteiger partial charge on any atom is 0.449 e. The van der Waals surface area contributed by atoms with E-state index in [0.29, 0.717) is 7.94 Å². The number of sulfone groups is 1.